The lowest BCUT2D eigenvalue weighted by Crippen LogP contribution is -2.06. The third-order valence-corrected chi connectivity index (χ3v) is 2.29. The van der Waals surface area contributed by atoms with Gasteiger partial charge >= 0.3 is 5.82 Å². The molecule has 0 aliphatic rings. The fourth-order valence-electron chi connectivity index (χ4n) is 1.40. The Balaban J connectivity index is 2.16. The summed E-state index contributed by atoms with van der Waals surface area (Å²) in [6.45, 7) is 0.336. The van der Waals surface area contributed by atoms with Crippen molar-refractivity contribution >= 4 is 17.5 Å². The monoisotopic (exact) mass is 237 g/mol. The van der Waals surface area contributed by atoms with Gasteiger partial charge in [-0.2, -0.15) is 5.10 Å². The molecule has 90 valence electrons. The number of H-pyrrole nitrogens is 1. The number of nitrogens with zero attached hydrogens (tertiary/aromatic N) is 4. The van der Waals surface area contributed by atoms with Gasteiger partial charge in [0, 0.05) is 19.2 Å². The predicted molar refractivity (Wildman–Crippen MR) is 60.2 cm³/mol. The Hall–Kier alpha value is -2.58. The molecule has 0 aliphatic heterocycles. The number of aromatic nitrogens is 4. The number of hydrogen-bond acceptors (Lipinski definition) is 6. The lowest BCUT2D eigenvalue weighted by molar-refractivity contribution is -0.388. The van der Waals surface area contributed by atoms with Gasteiger partial charge in [0.1, 0.15) is 5.82 Å². The van der Waals surface area contributed by atoms with E-state index in [4.69, 9.17) is 5.73 Å². The second-order valence-corrected chi connectivity index (χ2v) is 3.45. The molecule has 2 heterocycles. The van der Waals surface area contributed by atoms with Gasteiger partial charge in [0.2, 0.25) is 12.1 Å². The number of anilines is 2. The molecule has 0 aromatic carbocycles. The molecule has 2 aromatic rings. The summed E-state index contributed by atoms with van der Waals surface area (Å²) in [6, 6.07) is 0. The van der Waals surface area contributed by atoms with E-state index >= 15 is 0 Å². The molecule has 2 aromatic heterocycles. The Bertz CT molecular complexity index is 544. The highest BCUT2D eigenvalue weighted by Gasteiger charge is 2.19. The topological polar surface area (TPSA) is 128 Å². The van der Waals surface area contributed by atoms with Crippen LogP contribution in [0.25, 0.3) is 0 Å². The molecule has 0 aliphatic carbocycles. The molecule has 9 nitrogen and oxygen atoms in total. The van der Waals surface area contributed by atoms with Crippen LogP contribution in [0.5, 0.6) is 0 Å². The van der Waals surface area contributed by atoms with Crippen LogP contribution in [0.1, 0.15) is 5.56 Å². The Kier molecular flexibility index (Phi) is 2.65. The van der Waals surface area contributed by atoms with Gasteiger partial charge in [-0.3, -0.25) is 9.67 Å². The average molecular weight is 237 g/mol. The van der Waals surface area contributed by atoms with Crippen molar-refractivity contribution in [2.24, 2.45) is 7.05 Å². The van der Waals surface area contributed by atoms with E-state index in [1.54, 1.807) is 13.2 Å². The molecule has 0 saturated carbocycles. The summed E-state index contributed by atoms with van der Waals surface area (Å²) < 4.78 is 1.54. The van der Waals surface area contributed by atoms with Crippen molar-refractivity contribution in [2.45, 2.75) is 6.54 Å². The largest absolute Gasteiger partial charge is 0.406 e. The smallest absolute Gasteiger partial charge is 0.384 e. The molecule has 0 atom stereocenters. The first-order valence-corrected chi connectivity index (χ1v) is 4.77. The third-order valence-electron chi connectivity index (χ3n) is 2.29. The van der Waals surface area contributed by atoms with Crippen LogP contribution in [0.15, 0.2) is 12.5 Å². The number of nitrogen functional groups attached to an aromatic ring is 1. The van der Waals surface area contributed by atoms with Crippen molar-refractivity contribution in [1.82, 2.24) is 19.7 Å². The van der Waals surface area contributed by atoms with Crippen molar-refractivity contribution in [1.29, 1.82) is 0 Å². The molecule has 4 N–H and O–H groups in total. The highest BCUT2D eigenvalue weighted by atomic mass is 16.6. The van der Waals surface area contributed by atoms with Crippen LogP contribution < -0.4 is 11.1 Å². The number of nitrogens with one attached hydrogen (secondary N) is 2. The summed E-state index contributed by atoms with van der Waals surface area (Å²) in [6.07, 6.45) is 2.93. The minimum atomic E-state index is -0.541. The molecule has 17 heavy (non-hydrogen) atoms. The summed E-state index contributed by atoms with van der Waals surface area (Å²) in [5.41, 5.74) is 6.34. The third kappa shape index (κ3) is 2.02. The van der Waals surface area contributed by atoms with Crippen LogP contribution in [0, 0.1) is 10.1 Å². The normalized spacial score (nSPS) is 10.4. The molecule has 0 fully saturated rings. The quantitative estimate of drug-likeness (QED) is 0.516. The zero-order valence-electron chi connectivity index (χ0n) is 9.04. The molecule has 0 saturated heterocycles. The van der Waals surface area contributed by atoms with Gasteiger partial charge in [-0.1, -0.05) is 0 Å². The number of nitrogens with two attached hydrogens (primary N) is 1. The second kappa shape index (κ2) is 4.12. The molecular formula is C8H11N7O2. The Labute approximate surface area is 95.8 Å². The first-order valence-electron chi connectivity index (χ1n) is 4.77. The highest BCUT2D eigenvalue weighted by molar-refractivity contribution is 5.53. The van der Waals surface area contributed by atoms with Crippen molar-refractivity contribution in [3.05, 3.63) is 28.2 Å². The number of rotatable bonds is 4. The van der Waals surface area contributed by atoms with Gasteiger partial charge in [-0.15, -0.1) is 0 Å². The minimum absolute atomic E-state index is 0.213. The van der Waals surface area contributed by atoms with E-state index in [0.29, 0.717) is 18.2 Å². The van der Waals surface area contributed by atoms with Gasteiger partial charge in [0.25, 0.3) is 0 Å². The number of imidazole rings is 1. The van der Waals surface area contributed by atoms with Crippen molar-refractivity contribution in [3.8, 4) is 0 Å². The van der Waals surface area contributed by atoms with E-state index in [9.17, 15) is 10.1 Å². The van der Waals surface area contributed by atoms with Crippen LogP contribution in [-0.4, -0.2) is 24.7 Å². The van der Waals surface area contributed by atoms with Crippen LogP contribution in [0.4, 0.5) is 17.5 Å². The van der Waals surface area contributed by atoms with Gasteiger partial charge in [-0.05, 0) is 9.91 Å². The first-order chi connectivity index (χ1) is 8.09. The van der Waals surface area contributed by atoms with Crippen LogP contribution in [0.3, 0.4) is 0 Å². The molecule has 9 heteroatoms. The molecule has 0 amide bonds. The zero-order valence-corrected chi connectivity index (χ0v) is 9.04. The van der Waals surface area contributed by atoms with E-state index in [1.807, 2.05) is 0 Å². The Morgan fingerprint density at radius 2 is 2.47 bits per heavy atom. The van der Waals surface area contributed by atoms with Crippen LogP contribution in [0.2, 0.25) is 0 Å². The van der Waals surface area contributed by atoms with E-state index in [-0.39, 0.29) is 5.82 Å². The molecule has 0 unspecified atom stereocenters. The minimum Gasteiger partial charge on any atom is -0.384 e. The number of hydrogen-bond donors (Lipinski definition) is 3. The molecule has 0 radical (unpaired) electrons. The second-order valence-electron chi connectivity index (χ2n) is 3.45. The van der Waals surface area contributed by atoms with E-state index in [1.165, 1.54) is 10.9 Å². The Morgan fingerprint density at radius 1 is 1.71 bits per heavy atom. The predicted octanol–water partition coefficient (Wildman–Crippen LogP) is 0.246. The summed E-state index contributed by atoms with van der Waals surface area (Å²) in [7, 11) is 1.67. The lowest BCUT2D eigenvalue weighted by atomic mass is 10.3. The van der Waals surface area contributed by atoms with Gasteiger partial charge in [-0.25, -0.2) is 0 Å². The summed E-state index contributed by atoms with van der Waals surface area (Å²) in [5, 5.41) is 20.0. The number of aryl methyl sites for hydroxylation is 1. The summed E-state index contributed by atoms with van der Waals surface area (Å²) in [5.74, 6) is 0.549. The van der Waals surface area contributed by atoms with Crippen molar-refractivity contribution < 1.29 is 4.92 Å². The Morgan fingerprint density at radius 3 is 3.06 bits per heavy atom. The molecule has 0 bridgehead atoms. The maximum Gasteiger partial charge on any atom is 0.406 e. The van der Waals surface area contributed by atoms with Crippen LogP contribution >= 0.6 is 0 Å². The maximum atomic E-state index is 10.7. The summed E-state index contributed by atoms with van der Waals surface area (Å²) >= 11 is 0. The maximum absolute atomic E-state index is 10.7. The lowest BCUT2D eigenvalue weighted by Gasteiger charge is -2.05. The zero-order chi connectivity index (χ0) is 12.4. The fraction of sp³-hybridized carbons (Fsp3) is 0.250. The number of nitro groups is 1. The van der Waals surface area contributed by atoms with Gasteiger partial charge in [0.05, 0.1) is 6.20 Å². The standard InChI is InChI=1S/C8H11N7O2/c1-14-4-11-8(15(16)17)7(14)10-2-5-3-12-13-6(5)9/h3-4,10H,2H2,1H3,(H3,9,12,13). The summed E-state index contributed by atoms with van der Waals surface area (Å²) in [4.78, 5) is 13.9. The molecular weight excluding hydrogens is 226 g/mol. The van der Waals surface area contributed by atoms with E-state index in [2.05, 4.69) is 20.5 Å². The van der Waals surface area contributed by atoms with Crippen molar-refractivity contribution in [3.63, 3.8) is 0 Å². The van der Waals surface area contributed by atoms with E-state index in [0.717, 1.165) is 5.56 Å². The van der Waals surface area contributed by atoms with Gasteiger partial charge in [0.15, 0.2) is 0 Å². The van der Waals surface area contributed by atoms with Crippen molar-refractivity contribution in [2.75, 3.05) is 11.1 Å². The average Bonchev–Trinajstić information content (AvgIpc) is 2.82. The fourth-order valence-corrected chi connectivity index (χ4v) is 1.40. The van der Waals surface area contributed by atoms with Crippen LogP contribution in [-0.2, 0) is 13.6 Å². The molecule has 0 spiro atoms. The highest BCUT2D eigenvalue weighted by Crippen LogP contribution is 2.22. The van der Waals surface area contributed by atoms with Gasteiger partial charge < -0.3 is 21.2 Å². The molecule has 2 rings (SSSR count). The SMILES string of the molecule is Cn1cnc([N+](=O)[O-])c1NCc1cn[nH]c1N. The number of aromatic amines is 1. The first kappa shape index (κ1) is 10.9. The van der Waals surface area contributed by atoms with E-state index < -0.39 is 4.92 Å².